The van der Waals surface area contributed by atoms with E-state index in [-0.39, 0.29) is 16.4 Å². The molecule has 96 valence electrons. The maximum Gasteiger partial charge on any atom is 0.290 e. The number of hydrogen-bond acceptors (Lipinski definition) is 3. The summed E-state index contributed by atoms with van der Waals surface area (Å²) in [4.78, 5) is 10.1. The van der Waals surface area contributed by atoms with Crippen LogP contribution in [0.25, 0.3) is 0 Å². The van der Waals surface area contributed by atoms with Gasteiger partial charge in [0.15, 0.2) is 0 Å². The second kappa shape index (κ2) is 6.31. The van der Waals surface area contributed by atoms with Gasteiger partial charge in [-0.15, -0.1) is 0 Å². The molecule has 0 atom stereocenters. The molecule has 0 rings (SSSR count). The largest absolute Gasteiger partial charge is 0.290 e. The highest BCUT2D eigenvalue weighted by molar-refractivity contribution is 7.89. The molecule has 0 unspecified atom stereocenters. The molecule has 0 fully saturated rings. The van der Waals surface area contributed by atoms with Gasteiger partial charge >= 0.3 is 0 Å². The first kappa shape index (κ1) is 15.5. The molecule has 1 N–H and O–H groups in total. The van der Waals surface area contributed by atoms with E-state index in [4.69, 9.17) is 5.21 Å². The van der Waals surface area contributed by atoms with Gasteiger partial charge in [-0.3, -0.25) is 0 Å². The van der Waals surface area contributed by atoms with Gasteiger partial charge in [0.05, 0.1) is 10.7 Å². The highest BCUT2D eigenvalue weighted by atomic mass is 32.2. The third-order valence-electron chi connectivity index (χ3n) is 1.90. The Hall–Kier alpha value is -1.47. The number of hydrogen-bond donors (Lipinski definition) is 1. The lowest BCUT2D eigenvalue weighted by Gasteiger charge is -2.10. The summed E-state index contributed by atoms with van der Waals surface area (Å²) in [7, 11) is -0.440. The summed E-state index contributed by atoms with van der Waals surface area (Å²) >= 11 is 0. The Balaban J connectivity index is 4.55. The van der Waals surface area contributed by atoms with E-state index in [2.05, 4.69) is 6.58 Å². The Morgan fingerprint density at radius 3 is 2.41 bits per heavy atom. The summed E-state index contributed by atoms with van der Waals surface area (Å²) in [6, 6.07) is 0. The molecule has 17 heavy (non-hydrogen) atoms. The zero-order valence-electron chi connectivity index (χ0n) is 10.1. The second-order valence-electron chi connectivity index (χ2n) is 3.64. The summed E-state index contributed by atoms with van der Waals surface area (Å²) in [6.45, 7) is 5.00. The minimum Gasteiger partial charge on any atom is -0.241 e. The fourth-order valence-electron chi connectivity index (χ4n) is 0.799. The van der Waals surface area contributed by atoms with Crippen molar-refractivity contribution in [1.29, 1.82) is 0 Å². The van der Waals surface area contributed by atoms with Crippen molar-refractivity contribution in [3.63, 3.8) is 0 Å². The van der Waals surface area contributed by atoms with Crippen LogP contribution in [-0.2, 0) is 10.0 Å². The molecule has 7 heteroatoms. The van der Waals surface area contributed by atoms with Crippen molar-refractivity contribution in [3.8, 4) is 0 Å². The van der Waals surface area contributed by atoms with Gasteiger partial charge in [0.1, 0.15) is 0 Å². The van der Waals surface area contributed by atoms with Gasteiger partial charge in [-0.2, -0.15) is 0 Å². The van der Waals surface area contributed by atoms with Crippen LogP contribution in [0.15, 0.2) is 36.1 Å². The summed E-state index contributed by atoms with van der Waals surface area (Å²) in [5, 5.41) is 8.50. The normalized spacial score (nSPS) is 13.3. The van der Waals surface area contributed by atoms with E-state index in [1.807, 2.05) is 0 Å². The fourth-order valence-corrected chi connectivity index (χ4v) is 1.62. The van der Waals surface area contributed by atoms with Crippen molar-refractivity contribution in [3.05, 3.63) is 41.0 Å². The molecule has 0 spiro atoms. The molecular weight excluding hydrogens is 244 g/mol. The molecule has 6 nitrogen and oxygen atoms in total. The molecule has 0 aliphatic carbocycles. The Morgan fingerprint density at radius 1 is 1.47 bits per heavy atom. The summed E-state index contributed by atoms with van der Waals surface area (Å²) in [5.41, 5.74) is 0.475. The maximum absolute atomic E-state index is 11.5. The molecule has 0 bridgehead atoms. The minimum atomic E-state index is -3.32. The van der Waals surface area contributed by atoms with Crippen molar-refractivity contribution >= 4 is 10.0 Å². The van der Waals surface area contributed by atoms with Crippen molar-refractivity contribution in [2.45, 2.75) is 6.92 Å². The Kier molecular flexibility index (Phi) is 5.77. The lowest BCUT2D eigenvalue weighted by molar-refractivity contribution is -0.754. The van der Waals surface area contributed by atoms with Crippen molar-refractivity contribution in [2.24, 2.45) is 0 Å². The van der Waals surface area contributed by atoms with Gasteiger partial charge in [0, 0.05) is 27.1 Å². The lowest BCUT2D eigenvalue weighted by atomic mass is 10.3. The van der Waals surface area contributed by atoms with Crippen molar-refractivity contribution < 1.29 is 18.5 Å². The SMILES string of the molecule is C=C(/C=C\C=C(/C)[N+](=O)O)CS(=O)(=O)N(C)C. The first-order valence-electron chi connectivity index (χ1n) is 4.76. The quantitative estimate of drug-likeness (QED) is 0.573. The van der Waals surface area contributed by atoms with Crippen LogP contribution < -0.4 is 0 Å². The summed E-state index contributed by atoms with van der Waals surface area (Å²) in [6.07, 6.45) is 4.26. The van der Waals surface area contributed by atoms with Crippen molar-refractivity contribution in [1.82, 2.24) is 4.31 Å². The molecule has 0 aliphatic heterocycles. The predicted molar refractivity (Wildman–Crippen MR) is 64.9 cm³/mol. The van der Waals surface area contributed by atoms with Crippen LogP contribution in [0.2, 0.25) is 0 Å². The first-order chi connectivity index (χ1) is 7.66. The molecule has 0 radical (unpaired) electrons. The monoisotopic (exact) mass is 261 g/mol. The van der Waals surface area contributed by atoms with Crippen LogP contribution >= 0.6 is 0 Å². The molecule has 0 heterocycles. The second-order valence-corrected chi connectivity index (χ2v) is 5.82. The average molecular weight is 261 g/mol. The molecule has 0 aromatic rings. The van der Waals surface area contributed by atoms with Gasteiger partial charge in [-0.05, 0) is 5.57 Å². The van der Waals surface area contributed by atoms with E-state index in [0.717, 1.165) is 4.31 Å². The molecule has 0 aromatic heterocycles. The minimum absolute atomic E-state index is 0.0875. The van der Waals surface area contributed by atoms with Crippen molar-refractivity contribution in [2.75, 3.05) is 19.8 Å². The Morgan fingerprint density at radius 2 is 2.00 bits per heavy atom. The van der Waals surface area contributed by atoms with E-state index >= 15 is 0 Å². The van der Waals surface area contributed by atoms with Crippen LogP contribution in [0.4, 0.5) is 0 Å². The summed E-state index contributed by atoms with van der Waals surface area (Å²) in [5.74, 6) is -0.191. The van der Waals surface area contributed by atoms with E-state index in [9.17, 15) is 13.3 Å². The number of rotatable bonds is 6. The lowest BCUT2D eigenvalue weighted by Crippen LogP contribution is -2.25. The van der Waals surface area contributed by atoms with Crippen LogP contribution in [-0.4, -0.2) is 42.7 Å². The highest BCUT2D eigenvalue weighted by Gasteiger charge is 2.13. The van der Waals surface area contributed by atoms with Crippen LogP contribution in [0, 0.1) is 4.91 Å². The zero-order chi connectivity index (χ0) is 13.6. The van der Waals surface area contributed by atoms with Gasteiger partial charge < -0.3 is 0 Å². The standard InChI is InChI=1S/C10H17N2O4S/c1-9(8-17(15,16)11(3)4)6-5-7-10(2)12(13)14/h5-7H,1,8H2,2-4H3,(H,13,14)/q+1/b6-5-,10-7+. The third kappa shape index (κ3) is 5.98. The number of nitrogens with zero attached hydrogens (tertiary/aromatic N) is 2. The van der Waals surface area contributed by atoms with E-state index in [0.29, 0.717) is 5.57 Å². The molecular formula is C10H17N2O4S+. The molecule has 0 amide bonds. The fraction of sp³-hybridized carbons (Fsp3) is 0.400. The highest BCUT2D eigenvalue weighted by Crippen LogP contribution is 2.03. The van der Waals surface area contributed by atoms with Crippen LogP contribution in [0.1, 0.15) is 6.92 Å². The maximum atomic E-state index is 11.5. The van der Waals surface area contributed by atoms with Crippen LogP contribution in [0.5, 0.6) is 0 Å². The van der Waals surface area contributed by atoms with Gasteiger partial charge in [-0.25, -0.2) is 17.9 Å². The van der Waals surface area contributed by atoms with E-state index in [1.54, 1.807) is 0 Å². The molecule has 0 saturated heterocycles. The third-order valence-corrected chi connectivity index (χ3v) is 3.74. The Bertz CT molecular complexity index is 461. The number of allylic oxidation sites excluding steroid dienone is 4. The topological polar surface area (TPSA) is 77.7 Å². The van der Waals surface area contributed by atoms with E-state index < -0.39 is 10.0 Å². The smallest absolute Gasteiger partial charge is 0.241 e. The average Bonchev–Trinajstić information content (AvgIpc) is 2.16. The van der Waals surface area contributed by atoms with Gasteiger partial charge in [0.2, 0.25) is 10.0 Å². The Labute approximate surface area is 101 Å². The molecule has 0 saturated carbocycles. The zero-order valence-corrected chi connectivity index (χ0v) is 10.9. The summed E-state index contributed by atoms with van der Waals surface area (Å²) < 4.78 is 24.0. The molecule has 0 aliphatic rings. The molecule has 0 aromatic carbocycles. The van der Waals surface area contributed by atoms with Gasteiger partial charge in [0.25, 0.3) is 10.6 Å². The van der Waals surface area contributed by atoms with Gasteiger partial charge in [-0.1, -0.05) is 18.7 Å². The first-order valence-corrected chi connectivity index (χ1v) is 6.37. The van der Waals surface area contributed by atoms with E-state index in [1.165, 1.54) is 39.2 Å². The number of sulfonamides is 1. The predicted octanol–water partition coefficient (Wildman–Crippen LogP) is 1.06. The van der Waals surface area contributed by atoms with Crippen LogP contribution in [0.3, 0.4) is 0 Å².